The first-order valence-corrected chi connectivity index (χ1v) is 6.23. The fraction of sp³-hybridized carbons (Fsp3) is 0.400. The van der Waals surface area contributed by atoms with E-state index in [1.54, 1.807) is 0 Å². The van der Waals surface area contributed by atoms with E-state index < -0.39 is 16.0 Å². The first kappa shape index (κ1) is 10.4. The molecule has 0 aromatic heterocycles. The van der Waals surface area contributed by atoms with Crippen LogP contribution in [-0.4, -0.2) is 20.8 Å². The molecule has 5 heteroatoms. The monoisotopic (exact) mass is 230 g/mol. The van der Waals surface area contributed by atoms with Crippen LogP contribution in [0.1, 0.15) is 5.56 Å². The van der Waals surface area contributed by atoms with Crippen LogP contribution in [-0.2, 0) is 16.6 Å². The zero-order chi connectivity index (χ0) is 10.9. The molecule has 0 bridgehead atoms. The molecule has 0 fully saturated rings. The molecule has 2 rings (SSSR count). The van der Waals surface area contributed by atoms with Crippen molar-refractivity contribution in [1.82, 2.24) is 0 Å². The summed E-state index contributed by atoms with van der Waals surface area (Å²) in [5, 5.41) is 0. The fourth-order valence-electron chi connectivity index (χ4n) is 1.78. The Morgan fingerprint density at radius 1 is 1.40 bits per heavy atom. The largest absolute Gasteiger partial charge is 0.493 e. The molecule has 0 aliphatic carbocycles. The Hall–Kier alpha value is -1.10. The van der Waals surface area contributed by atoms with E-state index in [1.807, 2.05) is 24.3 Å². The molecule has 0 amide bonds. The van der Waals surface area contributed by atoms with Crippen molar-refractivity contribution in [3.8, 4) is 5.75 Å². The van der Waals surface area contributed by atoms with Crippen molar-refractivity contribution in [2.75, 3.05) is 12.4 Å². The molecule has 0 N–H and O–H groups in total. The SMILES string of the molecule is O=S(=O)(F)CC1COc2ccccc2C1. The molecule has 1 unspecified atom stereocenters. The van der Waals surface area contributed by atoms with Crippen molar-refractivity contribution in [1.29, 1.82) is 0 Å². The maximum absolute atomic E-state index is 12.5. The first-order valence-electron chi connectivity index (χ1n) is 4.67. The average Bonchev–Trinajstić information content (AvgIpc) is 2.15. The van der Waals surface area contributed by atoms with Crippen molar-refractivity contribution >= 4 is 10.2 Å². The standard InChI is InChI=1S/C10H11FO3S/c11-15(12,13)7-8-5-9-3-1-2-4-10(9)14-6-8/h1-4,8H,5-7H2. The van der Waals surface area contributed by atoms with Gasteiger partial charge >= 0.3 is 10.2 Å². The van der Waals surface area contributed by atoms with Crippen LogP contribution in [0.15, 0.2) is 24.3 Å². The van der Waals surface area contributed by atoms with E-state index in [4.69, 9.17) is 4.74 Å². The van der Waals surface area contributed by atoms with Gasteiger partial charge in [0, 0.05) is 5.92 Å². The summed E-state index contributed by atoms with van der Waals surface area (Å²) in [5.41, 5.74) is 0.942. The van der Waals surface area contributed by atoms with E-state index in [0.29, 0.717) is 6.42 Å². The Balaban J connectivity index is 2.12. The van der Waals surface area contributed by atoms with Crippen molar-refractivity contribution < 1.29 is 17.0 Å². The van der Waals surface area contributed by atoms with Crippen LogP contribution < -0.4 is 4.74 Å². The highest BCUT2D eigenvalue weighted by Gasteiger charge is 2.24. The molecule has 1 heterocycles. The number of hydrogen-bond acceptors (Lipinski definition) is 3. The average molecular weight is 230 g/mol. The molecule has 0 spiro atoms. The van der Waals surface area contributed by atoms with E-state index in [1.165, 1.54) is 0 Å². The third kappa shape index (κ3) is 2.68. The minimum Gasteiger partial charge on any atom is -0.493 e. The zero-order valence-electron chi connectivity index (χ0n) is 8.02. The summed E-state index contributed by atoms with van der Waals surface area (Å²) < 4.78 is 38.8. The number of para-hydroxylation sites is 1. The highest BCUT2D eigenvalue weighted by Crippen LogP contribution is 2.27. The molecule has 82 valence electrons. The molecule has 3 nitrogen and oxygen atoms in total. The molecule has 1 aromatic rings. The fourth-order valence-corrected chi connectivity index (χ4v) is 2.56. The van der Waals surface area contributed by atoms with E-state index in [2.05, 4.69) is 0 Å². The van der Waals surface area contributed by atoms with Gasteiger partial charge in [-0.05, 0) is 18.1 Å². The lowest BCUT2D eigenvalue weighted by Crippen LogP contribution is -2.26. The normalized spacial score (nSPS) is 20.5. The van der Waals surface area contributed by atoms with Crippen LogP contribution in [0, 0.1) is 5.92 Å². The summed E-state index contributed by atoms with van der Waals surface area (Å²) >= 11 is 0. The second-order valence-corrected chi connectivity index (χ2v) is 5.11. The van der Waals surface area contributed by atoms with Gasteiger partial charge in [0.15, 0.2) is 0 Å². The highest BCUT2D eigenvalue weighted by molar-refractivity contribution is 7.86. The van der Waals surface area contributed by atoms with Gasteiger partial charge in [-0.15, -0.1) is 3.89 Å². The van der Waals surface area contributed by atoms with Gasteiger partial charge in [-0.3, -0.25) is 0 Å². The molecular formula is C10H11FO3S. The summed E-state index contributed by atoms with van der Waals surface area (Å²) in [5.74, 6) is 0.0290. The van der Waals surface area contributed by atoms with Crippen molar-refractivity contribution in [2.45, 2.75) is 6.42 Å². The number of halogens is 1. The first-order chi connectivity index (χ1) is 7.04. The second-order valence-electron chi connectivity index (χ2n) is 3.69. The number of fused-ring (bicyclic) bond motifs is 1. The lowest BCUT2D eigenvalue weighted by molar-refractivity contribution is 0.234. The van der Waals surface area contributed by atoms with Crippen molar-refractivity contribution in [3.05, 3.63) is 29.8 Å². The second kappa shape index (κ2) is 3.81. The quantitative estimate of drug-likeness (QED) is 0.724. The summed E-state index contributed by atoms with van der Waals surface area (Å²) in [6.07, 6.45) is 0.555. The molecule has 0 saturated carbocycles. The number of ether oxygens (including phenoxy) is 1. The van der Waals surface area contributed by atoms with Crippen LogP contribution in [0.3, 0.4) is 0 Å². The topological polar surface area (TPSA) is 43.4 Å². The van der Waals surface area contributed by atoms with E-state index in [9.17, 15) is 12.3 Å². The minimum atomic E-state index is -4.41. The third-order valence-electron chi connectivity index (χ3n) is 2.39. The Morgan fingerprint density at radius 3 is 2.87 bits per heavy atom. The maximum atomic E-state index is 12.5. The van der Waals surface area contributed by atoms with Gasteiger partial charge in [0.05, 0.1) is 12.4 Å². The highest BCUT2D eigenvalue weighted by atomic mass is 32.3. The summed E-state index contributed by atoms with van der Waals surface area (Å²) in [6, 6.07) is 7.40. The summed E-state index contributed by atoms with van der Waals surface area (Å²) in [4.78, 5) is 0. The number of benzene rings is 1. The molecular weight excluding hydrogens is 219 g/mol. The third-order valence-corrected chi connectivity index (χ3v) is 3.26. The molecule has 0 saturated heterocycles. The van der Waals surface area contributed by atoms with Crippen LogP contribution in [0.25, 0.3) is 0 Å². The number of hydrogen-bond donors (Lipinski definition) is 0. The van der Waals surface area contributed by atoms with Gasteiger partial charge in [-0.1, -0.05) is 18.2 Å². The predicted molar refractivity (Wildman–Crippen MR) is 54.0 cm³/mol. The van der Waals surface area contributed by atoms with Crippen molar-refractivity contribution in [3.63, 3.8) is 0 Å². The Morgan fingerprint density at radius 2 is 2.13 bits per heavy atom. The van der Waals surface area contributed by atoms with E-state index in [0.717, 1.165) is 11.3 Å². The minimum absolute atomic E-state index is 0.264. The van der Waals surface area contributed by atoms with Crippen molar-refractivity contribution in [2.24, 2.45) is 5.92 Å². The van der Waals surface area contributed by atoms with Crippen LogP contribution >= 0.6 is 0 Å². The molecule has 0 radical (unpaired) electrons. The molecule has 1 aliphatic rings. The molecule has 1 atom stereocenters. The lowest BCUT2D eigenvalue weighted by atomic mass is 9.98. The molecule has 1 aliphatic heterocycles. The lowest BCUT2D eigenvalue weighted by Gasteiger charge is -2.23. The van der Waals surface area contributed by atoms with Gasteiger partial charge in [-0.25, -0.2) is 0 Å². The van der Waals surface area contributed by atoms with Crippen LogP contribution in [0.5, 0.6) is 5.75 Å². The predicted octanol–water partition coefficient (Wildman–Crippen LogP) is 1.54. The summed E-state index contributed by atoms with van der Waals surface area (Å²) in [7, 11) is -4.41. The van der Waals surface area contributed by atoms with Gasteiger partial charge in [-0.2, -0.15) is 8.42 Å². The smallest absolute Gasteiger partial charge is 0.302 e. The maximum Gasteiger partial charge on any atom is 0.302 e. The van der Waals surface area contributed by atoms with Crippen LogP contribution in [0.4, 0.5) is 3.89 Å². The Kier molecular flexibility index (Phi) is 2.65. The van der Waals surface area contributed by atoms with Gasteiger partial charge in [0.2, 0.25) is 0 Å². The Bertz CT molecular complexity index is 455. The van der Waals surface area contributed by atoms with Gasteiger partial charge < -0.3 is 4.74 Å². The summed E-state index contributed by atoms with van der Waals surface area (Å²) in [6.45, 7) is 0.264. The van der Waals surface area contributed by atoms with E-state index in [-0.39, 0.29) is 12.5 Å². The number of rotatable bonds is 2. The zero-order valence-corrected chi connectivity index (χ0v) is 8.84. The van der Waals surface area contributed by atoms with Gasteiger partial charge in [0.25, 0.3) is 0 Å². The molecule has 15 heavy (non-hydrogen) atoms. The van der Waals surface area contributed by atoms with Gasteiger partial charge in [0.1, 0.15) is 5.75 Å². The van der Waals surface area contributed by atoms with E-state index >= 15 is 0 Å². The Labute approximate surface area is 88.1 Å². The molecule has 1 aromatic carbocycles. The van der Waals surface area contributed by atoms with Crippen LogP contribution in [0.2, 0.25) is 0 Å².